The monoisotopic (exact) mass is 1340 g/mol. The highest BCUT2D eigenvalue weighted by Gasteiger charge is 2.32. The van der Waals surface area contributed by atoms with Gasteiger partial charge in [-0.25, -0.2) is 14.4 Å². The van der Waals surface area contributed by atoms with E-state index in [9.17, 15) is 45.5 Å². The van der Waals surface area contributed by atoms with Crippen LogP contribution in [0.25, 0.3) is 83.6 Å². The summed E-state index contributed by atoms with van der Waals surface area (Å²) in [5.41, 5.74) is 10.5. The molecule has 3 aromatic heterocycles. The summed E-state index contributed by atoms with van der Waals surface area (Å²) >= 11 is 0. The molecule has 12 aromatic rings. The number of unbranched alkanes of at least 4 members (excludes halogenated alkanes) is 9. The normalized spacial score (nSPS) is 12.1. The zero-order valence-electron chi connectivity index (χ0n) is 56.5. The number of nitriles is 3. The van der Waals surface area contributed by atoms with Crippen LogP contribution in [0.3, 0.4) is 0 Å². The van der Waals surface area contributed by atoms with Crippen molar-refractivity contribution in [1.82, 2.24) is 13.7 Å². The first-order valence-electron chi connectivity index (χ1n) is 34.6. The zero-order valence-corrected chi connectivity index (χ0v) is 56.5. The topological polar surface area (TPSA) is 226 Å². The lowest BCUT2D eigenvalue weighted by molar-refractivity contribution is -0.133. The van der Waals surface area contributed by atoms with Crippen molar-refractivity contribution in [1.29, 1.82) is 15.8 Å². The summed E-state index contributed by atoms with van der Waals surface area (Å²) in [5.74, 6) is -1.30. The van der Waals surface area contributed by atoms with E-state index in [1.807, 2.05) is 91.0 Å². The number of para-hydroxylation sites is 3. The van der Waals surface area contributed by atoms with Gasteiger partial charge in [0.15, 0.2) is 0 Å². The predicted molar refractivity (Wildman–Crippen MR) is 399 cm³/mol. The highest BCUT2D eigenvalue weighted by atomic mass is 16.5. The molecule has 0 aliphatic rings. The van der Waals surface area contributed by atoms with E-state index in [0.717, 1.165) is 196 Å². The van der Waals surface area contributed by atoms with Gasteiger partial charge in [-0.1, -0.05) is 148 Å². The third-order valence-corrected chi connectivity index (χ3v) is 19.3. The quantitative estimate of drug-likeness (QED) is 0.0151. The molecule has 15 nitrogen and oxygen atoms in total. The summed E-state index contributed by atoms with van der Waals surface area (Å²) in [7, 11) is 0. The minimum Gasteiger partial charge on any atom is -0.494 e. The molecule has 506 valence electrons. The minimum atomic E-state index is -1.24. The molecule has 0 aliphatic carbocycles. The number of aromatic nitrogens is 3. The molecule has 0 fully saturated rings. The van der Waals surface area contributed by atoms with E-state index >= 15 is 0 Å². The molecule has 3 heterocycles. The van der Waals surface area contributed by atoms with Gasteiger partial charge in [-0.3, -0.25) is 0 Å². The lowest BCUT2D eigenvalue weighted by Gasteiger charge is -2.32. The van der Waals surface area contributed by atoms with Crippen molar-refractivity contribution < 1.29 is 43.9 Å². The molecule has 0 bridgehead atoms. The Balaban J connectivity index is 0.657. The second-order valence-corrected chi connectivity index (χ2v) is 25.7. The highest BCUT2D eigenvalue weighted by molar-refractivity contribution is 6.11. The largest absolute Gasteiger partial charge is 0.494 e. The number of aliphatic carboxylic acids is 3. The van der Waals surface area contributed by atoms with Gasteiger partial charge in [0.1, 0.15) is 52.2 Å². The molecule has 3 N–H and O–H groups in total. The number of aryl methyl sites for hydroxylation is 3. The summed E-state index contributed by atoms with van der Waals surface area (Å²) < 4.78 is 26.1. The Bertz CT molecular complexity index is 4740. The molecule has 9 aromatic carbocycles. The average Bonchev–Trinajstić information content (AvgIpc) is 1.42. The smallest absolute Gasteiger partial charge is 0.346 e. The van der Waals surface area contributed by atoms with Crippen molar-refractivity contribution in [3.05, 3.63) is 250 Å². The van der Waals surface area contributed by atoms with Crippen LogP contribution in [-0.2, 0) is 39.4 Å². The first-order chi connectivity index (χ1) is 49.3. The van der Waals surface area contributed by atoms with E-state index in [-0.39, 0.29) is 16.7 Å². The SMILES string of the molecule is CC(c1ccc(OCCCCCCn2c3ccccc3c3cc(/C=C(/C#N)C(=O)O)ccc32)cc1)(c1ccc(OCCCCCCn2c3ccccc3c3cc(/C=C(/C#N)C(=O)O)ccc32)cc1)c1ccc(OCCCCCCn2c3ccccc3c3cc(/C=C(/C#N)C(=O)O)ccc32)cc1. The maximum atomic E-state index is 11.6. The fourth-order valence-corrected chi connectivity index (χ4v) is 14.0. The van der Waals surface area contributed by atoms with Crippen LogP contribution in [0.15, 0.2) is 217 Å². The Labute approximate surface area is 586 Å². The highest BCUT2D eigenvalue weighted by Crippen LogP contribution is 2.42. The molecule has 0 saturated carbocycles. The number of hydrogen-bond acceptors (Lipinski definition) is 9. The molecule has 0 saturated heterocycles. The van der Waals surface area contributed by atoms with E-state index in [4.69, 9.17) is 14.2 Å². The number of carboxylic acids is 3. The van der Waals surface area contributed by atoms with Gasteiger partial charge < -0.3 is 43.2 Å². The third-order valence-electron chi connectivity index (χ3n) is 19.3. The van der Waals surface area contributed by atoms with E-state index < -0.39 is 23.3 Å². The number of benzene rings is 9. The van der Waals surface area contributed by atoms with Crippen LogP contribution in [0.2, 0.25) is 0 Å². The molecule has 15 heteroatoms. The molecular formula is C86H78N6O9. The number of carboxylic acid groups (broad SMARTS) is 3. The third kappa shape index (κ3) is 15.6. The maximum Gasteiger partial charge on any atom is 0.346 e. The first-order valence-corrected chi connectivity index (χ1v) is 34.6. The maximum absolute atomic E-state index is 11.6. The van der Waals surface area contributed by atoms with Crippen LogP contribution in [0.1, 0.15) is 117 Å². The molecule has 101 heavy (non-hydrogen) atoms. The summed E-state index contributed by atoms with van der Waals surface area (Å²) in [6.45, 7) is 6.54. The lowest BCUT2D eigenvalue weighted by Crippen LogP contribution is -2.25. The standard InChI is InChI=1S/C86H78N6O9/c1-86(65-29-35-68(36-30-65)99-47-17-5-2-14-44-90-77-23-11-8-20-71(77)74-53-59(26-41-80(74)90)50-62(56-87)83(93)94,66-31-37-69(38-32-66)100-48-18-6-3-15-45-91-78-24-12-9-21-72(78)75-54-60(27-42-81(75)91)51-63(57-88)84(95)96)67-33-39-70(40-34-67)101-49-19-7-4-16-46-92-79-25-13-10-22-73(79)76-55-61(28-43-82(76)92)52-64(58-89)85(97)98/h8-13,20-43,50-55H,2-7,14-19,44-49H2,1H3,(H,93,94)(H,95,96)(H,97,98)/b62-50-,63-51-,64-52-. The fraction of sp³-hybridized carbons (Fsp3) is 0.233. The fourth-order valence-electron chi connectivity index (χ4n) is 14.0. The number of carbonyl (C=O) groups is 3. The molecule has 12 rings (SSSR count). The molecule has 0 atom stereocenters. The Morgan fingerprint density at radius 3 is 0.871 bits per heavy atom. The van der Waals surface area contributed by atoms with Gasteiger partial charge in [0, 0.05) is 90.5 Å². The van der Waals surface area contributed by atoms with Crippen molar-refractivity contribution in [2.75, 3.05) is 19.8 Å². The number of hydrogen-bond donors (Lipinski definition) is 3. The second-order valence-electron chi connectivity index (χ2n) is 25.7. The van der Waals surface area contributed by atoms with E-state index in [1.54, 1.807) is 18.2 Å². The summed E-state index contributed by atoms with van der Waals surface area (Å²) in [4.78, 5) is 34.7. The Kier molecular flexibility index (Phi) is 21.8. The van der Waals surface area contributed by atoms with Gasteiger partial charge in [0.2, 0.25) is 0 Å². The Morgan fingerprint density at radius 2 is 0.604 bits per heavy atom. The molecule has 0 spiro atoms. The van der Waals surface area contributed by atoms with Crippen LogP contribution in [0, 0.1) is 34.0 Å². The van der Waals surface area contributed by atoms with Crippen LogP contribution in [0.4, 0.5) is 0 Å². The van der Waals surface area contributed by atoms with E-state index in [0.29, 0.717) is 36.5 Å². The number of ether oxygens (including phenoxy) is 3. The lowest BCUT2D eigenvalue weighted by atomic mass is 9.71. The first kappa shape index (κ1) is 68.8. The van der Waals surface area contributed by atoms with Crippen molar-refractivity contribution in [3.63, 3.8) is 0 Å². The number of fused-ring (bicyclic) bond motifs is 9. The van der Waals surface area contributed by atoms with Crippen molar-refractivity contribution in [3.8, 4) is 35.5 Å². The Morgan fingerprint density at radius 1 is 0.347 bits per heavy atom. The molecule has 0 amide bonds. The molecular weight excluding hydrogens is 1260 g/mol. The van der Waals surface area contributed by atoms with Crippen LogP contribution in [0.5, 0.6) is 17.2 Å². The molecule has 0 radical (unpaired) electrons. The molecule has 0 unspecified atom stereocenters. The van der Waals surface area contributed by atoms with E-state index in [1.165, 1.54) is 18.2 Å². The summed E-state index contributed by atoms with van der Waals surface area (Å²) in [5, 5.41) is 62.7. The van der Waals surface area contributed by atoms with Crippen molar-refractivity contribution in [2.24, 2.45) is 0 Å². The second kappa shape index (κ2) is 32.0. The number of rotatable bonds is 33. The predicted octanol–water partition coefficient (Wildman–Crippen LogP) is 19.3. The van der Waals surface area contributed by atoms with Gasteiger partial charge >= 0.3 is 17.9 Å². The van der Waals surface area contributed by atoms with E-state index in [2.05, 4.69) is 130 Å². The Hall–Kier alpha value is -12.1. The van der Waals surface area contributed by atoms with Gasteiger partial charge in [-0.15, -0.1) is 0 Å². The van der Waals surface area contributed by atoms with Crippen LogP contribution >= 0.6 is 0 Å². The molecule has 0 aliphatic heterocycles. The minimum absolute atomic E-state index is 0.302. The van der Waals surface area contributed by atoms with Gasteiger partial charge in [-0.05, 0) is 188 Å². The average molecular weight is 1340 g/mol. The van der Waals surface area contributed by atoms with Crippen molar-refractivity contribution >= 4 is 102 Å². The van der Waals surface area contributed by atoms with Gasteiger partial charge in [-0.2, -0.15) is 15.8 Å². The summed E-state index contributed by atoms with van der Waals surface area (Å²) in [6, 6.07) is 73.0. The van der Waals surface area contributed by atoms with Crippen LogP contribution in [-0.4, -0.2) is 66.7 Å². The number of nitrogens with zero attached hydrogens (tertiary/aromatic N) is 6. The zero-order chi connectivity index (χ0) is 70.2. The van der Waals surface area contributed by atoms with Crippen molar-refractivity contribution in [2.45, 2.75) is 109 Å². The van der Waals surface area contributed by atoms with Gasteiger partial charge in [0.25, 0.3) is 0 Å². The summed E-state index contributed by atoms with van der Waals surface area (Å²) in [6.07, 6.45) is 16.0. The van der Waals surface area contributed by atoms with Crippen LogP contribution < -0.4 is 14.2 Å². The van der Waals surface area contributed by atoms with Gasteiger partial charge in [0.05, 0.1) is 19.8 Å².